The van der Waals surface area contributed by atoms with Crippen LogP contribution in [-0.2, 0) is 0 Å². The molecule has 1 aromatic carbocycles. The first-order valence-electron chi connectivity index (χ1n) is 6.65. The number of nitriles is 1. The van der Waals surface area contributed by atoms with E-state index in [1.54, 1.807) is 0 Å². The number of fused-ring (bicyclic) bond motifs is 1. The molecule has 2 aliphatic rings. The maximum atomic E-state index is 9.21. The van der Waals surface area contributed by atoms with Gasteiger partial charge in [0.25, 0.3) is 0 Å². The molecule has 2 aliphatic heterocycles. The molecule has 2 unspecified atom stereocenters. The summed E-state index contributed by atoms with van der Waals surface area (Å²) >= 11 is 0. The molecule has 3 rings (SSSR count). The zero-order valence-electron chi connectivity index (χ0n) is 10.1. The first kappa shape index (κ1) is 10.8. The van der Waals surface area contributed by atoms with Crippen molar-refractivity contribution in [3.63, 3.8) is 0 Å². The lowest BCUT2D eigenvalue weighted by atomic mass is 9.99. The fourth-order valence-electron chi connectivity index (χ4n) is 3.48. The topological polar surface area (TPSA) is 27.0 Å². The number of nitrogens with zero attached hydrogens (tertiary/aromatic N) is 2. The SMILES string of the molecule is N#Cc1ccccc1C1CCC2CCCCN21. The number of hydrogen-bond acceptors (Lipinski definition) is 2. The van der Waals surface area contributed by atoms with Gasteiger partial charge in [-0.2, -0.15) is 5.26 Å². The Morgan fingerprint density at radius 3 is 2.88 bits per heavy atom. The molecule has 2 heteroatoms. The van der Waals surface area contributed by atoms with E-state index in [0.29, 0.717) is 6.04 Å². The van der Waals surface area contributed by atoms with Crippen LogP contribution in [-0.4, -0.2) is 17.5 Å². The van der Waals surface area contributed by atoms with E-state index >= 15 is 0 Å². The molecule has 0 bridgehead atoms. The lowest BCUT2D eigenvalue weighted by molar-refractivity contribution is 0.150. The van der Waals surface area contributed by atoms with Crippen LogP contribution in [0, 0.1) is 11.3 Å². The van der Waals surface area contributed by atoms with Crippen LogP contribution in [0.15, 0.2) is 24.3 Å². The average Bonchev–Trinajstić information content (AvgIpc) is 2.82. The van der Waals surface area contributed by atoms with Crippen molar-refractivity contribution in [2.75, 3.05) is 6.54 Å². The summed E-state index contributed by atoms with van der Waals surface area (Å²) in [5.41, 5.74) is 2.11. The van der Waals surface area contributed by atoms with Crippen LogP contribution in [0.5, 0.6) is 0 Å². The largest absolute Gasteiger partial charge is 0.293 e. The van der Waals surface area contributed by atoms with Gasteiger partial charge in [-0.15, -0.1) is 0 Å². The summed E-state index contributed by atoms with van der Waals surface area (Å²) in [4.78, 5) is 2.64. The molecule has 2 nitrogen and oxygen atoms in total. The van der Waals surface area contributed by atoms with Gasteiger partial charge in [0, 0.05) is 12.1 Å². The molecule has 0 spiro atoms. The number of hydrogen-bond donors (Lipinski definition) is 0. The third-order valence-corrected chi connectivity index (χ3v) is 4.29. The minimum Gasteiger partial charge on any atom is -0.293 e. The molecule has 0 aromatic heterocycles. The van der Waals surface area contributed by atoms with E-state index < -0.39 is 0 Å². The summed E-state index contributed by atoms with van der Waals surface area (Å²) in [7, 11) is 0. The van der Waals surface area contributed by atoms with Crippen LogP contribution in [0.4, 0.5) is 0 Å². The van der Waals surface area contributed by atoms with Crippen LogP contribution < -0.4 is 0 Å². The maximum Gasteiger partial charge on any atom is 0.0995 e. The zero-order chi connectivity index (χ0) is 11.7. The van der Waals surface area contributed by atoms with Crippen LogP contribution >= 0.6 is 0 Å². The maximum absolute atomic E-state index is 9.21. The summed E-state index contributed by atoms with van der Waals surface area (Å²) in [6.07, 6.45) is 6.59. The summed E-state index contributed by atoms with van der Waals surface area (Å²) in [6.45, 7) is 1.22. The van der Waals surface area contributed by atoms with Crippen molar-refractivity contribution in [2.45, 2.75) is 44.2 Å². The highest BCUT2D eigenvalue weighted by atomic mass is 15.2. The Bertz CT molecular complexity index is 446. The minimum atomic E-state index is 0.496. The van der Waals surface area contributed by atoms with Crippen molar-refractivity contribution < 1.29 is 0 Å². The van der Waals surface area contributed by atoms with E-state index in [2.05, 4.69) is 23.1 Å². The van der Waals surface area contributed by atoms with Crippen LogP contribution in [0.25, 0.3) is 0 Å². The Balaban J connectivity index is 1.92. The second-order valence-corrected chi connectivity index (χ2v) is 5.18. The van der Waals surface area contributed by atoms with Crippen LogP contribution in [0.1, 0.15) is 49.3 Å². The van der Waals surface area contributed by atoms with Gasteiger partial charge < -0.3 is 0 Å². The van der Waals surface area contributed by atoms with Crippen molar-refractivity contribution in [3.8, 4) is 6.07 Å². The van der Waals surface area contributed by atoms with Crippen molar-refractivity contribution in [1.82, 2.24) is 4.90 Å². The Hall–Kier alpha value is -1.33. The Labute approximate surface area is 103 Å². The number of piperidine rings is 1. The van der Waals surface area contributed by atoms with E-state index in [4.69, 9.17) is 0 Å². The monoisotopic (exact) mass is 226 g/mol. The molecule has 0 N–H and O–H groups in total. The molecule has 2 fully saturated rings. The Morgan fingerprint density at radius 2 is 2.00 bits per heavy atom. The molecule has 0 amide bonds. The quantitative estimate of drug-likeness (QED) is 0.735. The lowest BCUT2D eigenvalue weighted by Gasteiger charge is -2.34. The number of rotatable bonds is 1. The molecule has 2 heterocycles. The van der Waals surface area contributed by atoms with Crippen LogP contribution in [0.2, 0.25) is 0 Å². The summed E-state index contributed by atoms with van der Waals surface area (Å²) < 4.78 is 0. The normalized spacial score (nSPS) is 28.6. The second-order valence-electron chi connectivity index (χ2n) is 5.18. The molecule has 0 saturated carbocycles. The zero-order valence-corrected chi connectivity index (χ0v) is 10.1. The first-order valence-corrected chi connectivity index (χ1v) is 6.65. The average molecular weight is 226 g/mol. The molecular formula is C15H18N2. The van der Waals surface area contributed by atoms with E-state index in [1.807, 2.05) is 12.1 Å². The van der Waals surface area contributed by atoms with E-state index in [0.717, 1.165) is 11.6 Å². The van der Waals surface area contributed by atoms with Crippen molar-refractivity contribution in [2.24, 2.45) is 0 Å². The second kappa shape index (κ2) is 4.50. The standard InChI is InChI=1S/C15H18N2/c16-11-12-5-1-2-7-14(12)15-9-8-13-6-3-4-10-17(13)15/h1-2,5,7,13,15H,3-4,6,8-10H2. The fraction of sp³-hybridized carbons (Fsp3) is 0.533. The van der Waals surface area contributed by atoms with Gasteiger partial charge in [-0.1, -0.05) is 24.6 Å². The Morgan fingerprint density at radius 1 is 1.12 bits per heavy atom. The van der Waals surface area contributed by atoms with Gasteiger partial charge >= 0.3 is 0 Å². The molecule has 17 heavy (non-hydrogen) atoms. The summed E-state index contributed by atoms with van der Waals surface area (Å²) in [5, 5.41) is 9.21. The third-order valence-electron chi connectivity index (χ3n) is 4.29. The predicted octanol–water partition coefficient (Wildman–Crippen LogP) is 3.25. The van der Waals surface area contributed by atoms with Gasteiger partial charge in [0.05, 0.1) is 11.6 Å². The van der Waals surface area contributed by atoms with Crippen molar-refractivity contribution >= 4 is 0 Å². The smallest absolute Gasteiger partial charge is 0.0995 e. The fourth-order valence-corrected chi connectivity index (χ4v) is 3.48. The molecule has 2 atom stereocenters. The van der Waals surface area contributed by atoms with Gasteiger partial charge in [0.1, 0.15) is 0 Å². The molecular weight excluding hydrogens is 208 g/mol. The predicted molar refractivity (Wildman–Crippen MR) is 67.5 cm³/mol. The number of benzene rings is 1. The summed E-state index contributed by atoms with van der Waals surface area (Å²) in [6, 6.07) is 11.7. The van der Waals surface area contributed by atoms with Gasteiger partial charge in [-0.25, -0.2) is 0 Å². The van der Waals surface area contributed by atoms with Gasteiger partial charge in [0.15, 0.2) is 0 Å². The van der Waals surface area contributed by atoms with E-state index in [1.165, 1.54) is 44.2 Å². The van der Waals surface area contributed by atoms with Gasteiger partial charge in [-0.05, 0) is 43.9 Å². The van der Waals surface area contributed by atoms with E-state index in [-0.39, 0.29) is 0 Å². The van der Waals surface area contributed by atoms with Crippen molar-refractivity contribution in [3.05, 3.63) is 35.4 Å². The summed E-state index contributed by atoms with van der Waals surface area (Å²) in [5.74, 6) is 0. The lowest BCUT2D eigenvalue weighted by Crippen LogP contribution is -2.36. The highest BCUT2D eigenvalue weighted by molar-refractivity contribution is 5.40. The molecule has 0 radical (unpaired) electrons. The van der Waals surface area contributed by atoms with Gasteiger partial charge in [-0.3, -0.25) is 4.90 Å². The highest BCUT2D eigenvalue weighted by Gasteiger charge is 2.36. The molecule has 2 saturated heterocycles. The van der Waals surface area contributed by atoms with Crippen molar-refractivity contribution in [1.29, 1.82) is 5.26 Å². The minimum absolute atomic E-state index is 0.496. The molecule has 0 aliphatic carbocycles. The molecule has 1 aromatic rings. The Kier molecular flexibility index (Phi) is 2.86. The van der Waals surface area contributed by atoms with Crippen LogP contribution in [0.3, 0.4) is 0 Å². The first-order chi connectivity index (χ1) is 8.40. The highest BCUT2D eigenvalue weighted by Crippen LogP contribution is 2.41. The van der Waals surface area contributed by atoms with Gasteiger partial charge in [0.2, 0.25) is 0 Å². The third kappa shape index (κ3) is 1.85. The molecule has 88 valence electrons. The van der Waals surface area contributed by atoms with E-state index in [9.17, 15) is 5.26 Å².